The Labute approximate surface area is 139 Å². The van der Waals surface area contributed by atoms with Crippen molar-refractivity contribution in [3.63, 3.8) is 0 Å². The number of fused-ring (bicyclic) bond motifs is 1. The maximum Gasteiger partial charge on any atom is 0.244 e. The van der Waals surface area contributed by atoms with Crippen LogP contribution in [-0.4, -0.2) is 52.1 Å². The molecule has 1 aliphatic heterocycles. The molecule has 0 unspecified atom stereocenters. The van der Waals surface area contributed by atoms with Crippen LogP contribution in [0.25, 0.3) is 0 Å². The van der Waals surface area contributed by atoms with Gasteiger partial charge in [-0.05, 0) is 6.92 Å². The molecule has 0 aromatic carbocycles. The lowest BCUT2D eigenvalue weighted by molar-refractivity contribution is -0.125. The number of thiazole rings is 1. The van der Waals surface area contributed by atoms with Crippen molar-refractivity contribution in [2.75, 3.05) is 26.8 Å². The first-order valence-electron chi connectivity index (χ1n) is 7.58. The maximum atomic E-state index is 12.5. The maximum absolute atomic E-state index is 12.5. The largest absolute Gasteiger partial charge is 0.383 e. The molecule has 7 nitrogen and oxygen atoms in total. The lowest BCUT2D eigenvalue weighted by Gasteiger charge is -2.33. The van der Waals surface area contributed by atoms with Gasteiger partial charge in [-0.15, -0.1) is 11.3 Å². The van der Waals surface area contributed by atoms with Crippen LogP contribution in [0.3, 0.4) is 0 Å². The third-order valence-electron chi connectivity index (χ3n) is 3.83. The second-order valence-corrected chi connectivity index (χ2v) is 6.59. The second kappa shape index (κ2) is 7.20. The summed E-state index contributed by atoms with van der Waals surface area (Å²) >= 11 is 1.66. The SMILES string of the molecule is COCCNC(=O)[C@H]1CN(Cc2nc(C)cs2)Cc2cncn21. The summed E-state index contributed by atoms with van der Waals surface area (Å²) in [6.07, 6.45) is 3.56. The van der Waals surface area contributed by atoms with Gasteiger partial charge < -0.3 is 14.6 Å². The lowest BCUT2D eigenvalue weighted by atomic mass is 10.1. The van der Waals surface area contributed by atoms with Gasteiger partial charge in [0.25, 0.3) is 0 Å². The molecule has 8 heteroatoms. The average molecular weight is 335 g/mol. The summed E-state index contributed by atoms with van der Waals surface area (Å²) < 4.78 is 6.95. The van der Waals surface area contributed by atoms with Gasteiger partial charge in [-0.3, -0.25) is 9.69 Å². The van der Waals surface area contributed by atoms with Crippen molar-refractivity contribution in [3.05, 3.63) is 34.3 Å². The summed E-state index contributed by atoms with van der Waals surface area (Å²) in [6, 6.07) is -0.265. The zero-order valence-electron chi connectivity index (χ0n) is 13.4. The molecule has 2 aromatic heterocycles. The van der Waals surface area contributed by atoms with E-state index in [1.807, 2.05) is 17.7 Å². The quantitative estimate of drug-likeness (QED) is 0.797. The van der Waals surface area contributed by atoms with Gasteiger partial charge >= 0.3 is 0 Å². The van der Waals surface area contributed by atoms with Gasteiger partial charge in [0.05, 0.1) is 25.2 Å². The van der Waals surface area contributed by atoms with Crippen LogP contribution in [0.1, 0.15) is 22.4 Å². The van der Waals surface area contributed by atoms with Gasteiger partial charge in [0.2, 0.25) is 5.91 Å². The molecule has 1 atom stereocenters. The number of nitrogens with zero attached hydrogens (tertiary/aromatic N) is 4. The summed E-state index contributed by atoms with van der Waals surface area (Å²) in [5, 5.41) is 6.05. The zero-order valence-corrected chi connectivity index (χ0v) is 14.2. The van der Waals surface area contributed by atoms with Crippen molar-refractivity contribution < 1.29 is 9.53 Å². The number of ether oxygens (including phenoxy) is 1. The minimum atomic E-state index is -0.265. The minimum Gasteiger partial charge on any atom is -0.383 e. The first-order valence-corrected chi connectivity index (χ1v) is 8.46. The summed E-state index contributed by atoms with van der Waals surface area (Å²) in [5.41, 5.74) is 2.09. The molecule has 0 saturated heterocycles. The van der Waals surface area contributed by atoms with Crippen molar-refractivity contribution in [1.82, 2.24) is 24.8 Å². The van der Waals surface area contributed by atoms with E-state index >= 15 is 0 Å². The van der Waals surface area contributed by atoms with Crippen LogP contribution in [0.5, 0.6) is 0 Å². The molecule has 1 N–H and O–H groups in total. The highest BCUT2D eigenvalue weighted by Crippen LogP contribution is 2.23. The van der Waals surface area contributed by atoms with Crippen LogP contribution in [0.4, 0.5) is 0 Å². The first-order chi connectivity index (χ1) is 11.2. The van der Waals surface area contributed by atoms with Crippen LogP contribution in [0.15, 0.2) is 17.9 Å². The van der Waals surface area contributed by atoms with Crippen molar-refractivity contribution in [2.45, 2.75) is 26.1 Å². The van der Waals surface area contributed by atoms with Crippen LogP contribution in [-0.2, 0) is 22.6 Å². The van der Waals surface area contributed by atoms with E-state index in [0.717, 1.165) is 29.5 Å². The van der Waals surface area contributed by atoms with Gasteiger partial charge in [-0.1, -0.05) is 0 Å². The Balaban J connectivity index is 1.70. The van der Waals surface area contributed by atoms with Gasteiger partial charge in [-0.2, -0.15) is 0 Å². The molecule has 0 spiro atoms. The van der Waals surface area contributed by atoms with Crippen LogP contribution < -0.4 is 5.32 Å². The molecule has 1 amide bonds. The average Bonchev–Trinajstić information content (AvgIpc) is 3.15. The Hall–Kier alpha value is -1.77. The fourth-order valence-electron chi connectivity index (χ4n) is 2.75. The lowest BCUT2D eigenvalue weighted by Crippen LogP contribution is -2.44. The van der Waals surface area contributed by atoms with E-state index in [4.69, 9.17) is 4.74 Å². The normalized spacial score (nSPS) is 17.9. The van der Waals surface area contributed by atoms with Crippen molar-refractivity contribution in [2.24, 2.45) is 0 Å². The highest BCUT2D eigenvalue weighted by Gasteiger charge is 2.30. The Bertz CT molecular complexity index is 668. The highest BCUT2D eigenvalue weighted by molar-refractivity contribution is 7.09. The molecular formula is C15H21N5O2S. The summed E-state index contributed by atoms with van der Waals surface area (Å²) in [7, 11) is 1.62. The van der Waals surface area contributed by atoms with E-state index in [1.165, 1.54) is 0 Å². The van der Waals surface area contributed by atoms with E-state index in [9.17, 15) is 4.79 Å². The number of aromatic nitrogens is 3. The zero-order chi connectivity index (χ0) is 16.2. The fourth-order valence-corrected chi connectivity index (χ4v) is 3.56. The number of imidazole rings is 1. The second-order valence-electron chi connectivity index (χ2n) is 5.64. The molecule has 0 fully saturated rings. The molecule has 0 saturated carbocycles. The third kappa shape index (κ3) is 3.77. The van der Waals surface area contributed by atoms with E-state index in [0.29, 0.717) is 19.7 Å². The molecule has 3 heterocycles. The number of aryl methyl sites for hydroxylation is 1. The molecule has 23 heavy (non-hydrogen) atoms. The van der Waals surface area contributed by atoms with Gasteiger partial charge in [0.15, 0.2) is 0 Å². The number of rotatable bonds is 6. The molecule has 1 aliphatic rings. The molecule has 0 radical (unpaired) electrons. The van der Waals surface area contributed by atoms with Crippen LogP contribution in [0, 0.1) is 6.92 Å². The number of hydrogen-bond acceptors (Lipinski definition) is 6. The molecule has 124 valence electrons. The standard InChI is InChI=1S/C15H21N5O2S/c1-11-9-23-14(18-11)8-19-6-12-5-16-10-20(12)13(7-19)15(21)17-3-4-22-2/h5,9-10,13H,3-4,6-8H2,1-2H3,(H,17,21)/t13-/m1/s1. The predicted molar refractivity (Wildman–Crippen MR) is 87.1 cm³/mol. The summed E-state index contributed by atoms with van der Waals surface area (Å²) in [6.45, 7) is 5.21. The van der Waals surface area contributed by atoms with Crippen LogP contribution >= 0.6 is 11.3 Å². The summed E-state index contributed by atoms with van der Waals surface area (Å²) in [5.74, 6) is 0.00122. The number of nitrogens with one attached hydrogen (secondary N) is 1. The van der Waals surface area contributed by atoms with E-state index in [2.05, 4.69) is 25.6 Å². The topological polar surface area (TPSA) is 72.3 Å². The number of hydrogen-bond donors (Lipinski definition) is 1. The van der Waals surface area contributed by atoms with Crippen molar-refractivity contribution >= 4 is 17.2 Å². The smallest absolute Gasteiger partial charge is 0.244 e. The molecule has 2 aromatic rings. The van der Waals surface area contributed by atoms with Crippen LogP contribution in [0.2, 0.25) is 0 Å². The number of methoxy groups -OCH3 is 1. The Morgan fingerprint density at radius 2 is 2.43 bits per heavy atom. The van der Waals surface area contributed by atoms with E-state index in [1.54, 1.807) is 24.8 Å². The Kier molecular flexibility index (Phi) is 5.04. The van der Waals surface area contributed by atoms with Gasteiger partial charge in [0.1, 0.15) is 11.0 Å². The molecular weight excluding hydrogens is 314 g/mol. The van der Waals surface area contributed by atoms with Crippen molar-refractivity contribution in [1.29, 1.82) is 0 Å². The number of amides is 1. The third-order valence-corrected chi connectivity index (χ3v) is 4.78. The monoisotopic (exact) mass is 335 g/mol. The van der Waals surface area contributed by atoms with E-state index in [-0.39, 0.29) is 11.9 Å². The van der Waals surface area contributed by atoms with Gasteiger partial charge in [0, 0.05) is 44.0 Å². The Morgan fingerprint density at radius 3 is 3.17 bits per heavy atom. The number of carbonyl (C=O) groups excluding carboxylic acids is 1. The fraction of sp³-hybridized carbons (Fsp3) is 0.533. The predicted octanol–water partition coefficient (Wildman–Crippen LogP) is 0.968. The van der Waals surface area contributed by atoms with Gasteiger partial charge in [-0.25, -0.2) is 9.97 Å². The summed E-state index contributed by atoms with van der Waals surface area (Å²) in [4.78, 5) is 23.4. The highest BCUT2D eigenvalue weighted by atomic mass is 32.1. The minimum absolute atomic E-state index is 0.00122. The van der Waals surface area contributed by atoms with Crippen molar-refractivity contribution in [3.8, 4) is 0 Å². The first kappa shape index (κ1) is 16.1. The van der Waals surface area contributed by atoms with E-state index < -0.39 is 0 Å². The molecule has 0 bridgehead atoms. The Morgan fingerprint density at radius 1 is 1.57 bits per heavy atom. The molecule has 3 rings (SSSR count). The number of carbonyl (C=O) groups is 1. The molecule has 0 aliphatic carbocycles.